The highest BCUT2D eigenvalue weighted by Gasteiger charge is 2.20. The lowest BCUT2D eigenvalue weighted by Crippen LogP contribution is -2.45. The molecule has 0 saturated carbocycles. The molecule has 63 heavy (non-hydrogen) atoms. The second-order valence-electron chi connectivity index (χ2n) is 19.3. The summed E-state index contributed by atoms with van der Waals surface area (Å²) < 4.78 is 5.43. The smallest absolute Gasteiger partial charge is 0.305 e. The molecule has 0 rings (SSSR count). The van der Waals surface area contributed by atoms with Crippen LogP contribution in [0.4, 0.5) is 0 Å². The average Bonchev–Trinajstić information content (AvgIpc) is 3.28. The van der Waals surface area contributed by atoms with Gasteiger partial charge in [-0.15, -0.1) is 0 Å². The molecular formula is C57H109NO5. The SMILES string of the molecule is CCCCC/C=C\CCCCCCCC(=O)OCCCCC/C=C\CCCCCCCC(=O)NC(CO)C(O)CCCCCCCCCCCCCCCCCCCCCCCC. The third-order valence-electron chi connectivity index (χ3n) is 13.0. The summed E-state index contributed by atoms with van der Waals surface area (Å²) in [6.07, 6.45) is 63.1. The Morgan fingerprint density at radius 1 is 0.429 bits per heavy atom. The summed E-state index contributed by atoms with van der Waals surface area (Å²) in [7, 11) is 0. The van der Waals surface area contributed by atoms with E-state index in [4.69, 9.17) is 4.74 Å². The van der Waals surface area contributed by atoms with Crippen molar-refractivity contribution in [3.05, 3.63) is 24.3 Å². The van der Waals surface area contributed by atoms with Crippen molar-refractivity contribution in [2.75, 3.05) is 13.2 Å². The molecule has 0 bridgehead atoms. The summed E-state index contributed by atoms with van der Waals surface area (Å²) in [5.41, 5.74) is 0. The Hall–Kier alpha value is -1.66. The number of allylic oxidation sites excluding steroid dienone is 4. The van der Waals surface area contributed by atoms with Crippen molar-refractivity contribution in [3.8, 4) is 0 Å². The van der Waals surface area contributed by atoms with E-state index in [0.29, 0.717) is 25.9 Å². The second-order valence-corrected chi connectivity index (χ2v) is 19.3. The summed E-state index contributed by atoms with van der Waals surface area (Å²) in [6.45, 7) is 4.88. The molecule has 0 spiro atoms. The molecule has 0 aromatic rings. The maximum atomic E-state index is 12.5. The summed E-state index contributed by atoms with van der Waals surface area (Å²) >= 11 is 0. The van der Waals surface area contributed by atoms with Gasteiger partial charge in [0, 0.05) is 12.8 Å². The van der Waals surface area contributed by atoms with Crippen LogP contribution < -0.4 is 5.32 Å². The van der Waals surface area contributed by atoms with E-state index in [1.54, 1.807) is 0 Å². The van der Waals surface area contributed by atoms with Gasteiger partial charge in [-0.1, -0.05) is 231 Å². The Morgan fingerprint density at radius 3 is 1.16 bits per heavy atom. The van der Waals surface area contributed by atoms with Crippen molar-refractivity contribution in [1.82, 2.24) is 5.32 Å². The average molecular weight is 889 g/mol. The third kappa shape index (κ3) is 49.6. The van der Waals surface area contributed by atoms with E-state index < -0.39 is 12.1 Å². The molecule has 0 aromatic heterocycles. The summed E-state index contributed by atoms with van der Waals surface area (Å²) in [5.74, 6) is -0.0912. The summed E-state index contributed by atoms with van der Waals surface area (Å²) in [4.78, 5) is 24.5. The van der Waals surface area contributed by atoms with Crippen molar-refractivity contribution >= 4 is 11.9 Å². The maximum Gasteiger partial charge on any atom is 0.305 e. The predicted octanol–water partition coefficient (Wildman–Crippen LogP) is 17.1. The number of aliphatic hydroxyl groups is 2. The number of rotatable bonds is 52. The zero-order valence-electron chi connectivity index (χ0n) is 42.3. The number of esters is 1. The molecule has 6 heteroatoms. The van der Waals surface area contributed by atoms with Crippen LogP contribution in [-0.2, 0) is 14.3 Å². The summed E-state index contributed by atoms with van der Waals surface area (Å²) in [5, 5.41) is 23.3. The molecule has 0 heterocycles. The summed E-state index contributed by atoms with van der Waals surface area (Å²) in [6, 6.07) is -0.561. The number of hydrogen-bond acceptors (Lipinski definition) is 5. The molecule has 0 radical (unpaired) electrons. The molecule has 3 N–H and O–H groups in total. The van der Waals surface area contributed by atoms with E-state index in [-0.39, 0.29) is 18.5 Å². The Morgan fingerprint density at radius 2 is 0.746 bits per heavy atom. The van der Waals surface area contributed by atoms with Gasteiger partial charge in [0.05, 0.1) is 25.4 Å². The molecule has 2 unspecified atom stereocenters. The minimum atomic E-state index is -0.681. The number of nitrogens with one attached hydrogen (secondary N) is 1. The fourth-order valence-corrected chi connectivity index (χ4v) is 8.63. The van der Waals surface area contributed by atoms with Crippen LogP contribution in [0.15, 0.2) is 24.3 Å². The first-order valence-corrected chi connectivity index (χ1v) is 28.1. The van der Waals surface area contributed by atoms with E-state index in [9.17, 15) is 19.8 Å². The Kier molecular flexibility index (Phi) is 51.6. The predicted molar refractivity (Wildman–Crippen MR) is 273 cm³/mol. The molecule has 0 saturated heterocycles. The van der Waals surface area contributed by atoms with Gasteiger partial charge in [0.2, 0.25) is 5.91 Å². The number of carbonyl (C=O) groups is 2. The van der Waals surface area contributed by atoms with E-state index in [2.05, 4.69) is 43.5 Å². The standard InChI is InChI=1S/C57H109NO5/c1-3-5-7-9-11-13-15-17-18-19-20-21-22-23-24-25-26-29-33-37-41-45-49-55(60)54(53-59)58-56(61)50-46-42-38-34-30-27-28-32-36-40-44-48-52-63-57(62)51-47-43-39-35-31-16-14-12-10-8-6-4-2/h12,14,28,32,54-55,59-60H,3-11,13,15-27,29-31,33-53H2,1-2H3,(H,58,61)/b14-12-,32-28-. The molecule has 0 aliphatic carbocycles. The highest BCUT2D eigenvalue weighted by molar-refractivity contribution is 5.76. The van der Waals surface area contributed by atoms with Crippen molar-refractivity contribution in [1.29, 1.82) is 0 Å². The van der Waals surface area contributed by atoms with Gasteiger partial charge >= 0.3 is 5.97 Å². The van der Waals surface area contributed by atoms with Crippen LogP contribution >= 0.6 is 0 Å². The molecule has 2 atom stereocenters. The lowest BCUT2D eigenvalue weighted by molar-refractivity contribution is -0.143. The van der Waals surface area contributed by atoms with Crippen LogP contribution in [0.5, 0.6) is 0 Å². The van der Waals surface area contributed by atoms with E-state index in [1.165, 1.54) is 193 Å². The number of amides is 1. The highest BCUT2D eigenvalue weighted by atomic mass is 16.5. The molecule has 1 amide bonds. The number of aliphatic hydroxyl groups excluding tert-OH is 2. The molecule has 0 aliphatic heterocycles. The lowest BCUT2D eigenvalue weighted by Gasteiger charge is -2.22. The van der Waals surface area contributed by atoms with Gasteiger partial charge in [0.1, 0.15) is 0 Å². The first-order valence-electron chi connectivity index (χ1n) is 28.1. The number of unbranched alkanes of at least 4 members (excludes halogenated alkanes) is 37. The van der Waals surface area contributed by atoms with Crippen LogP contribution in [0.25, 0.3) is 0 Å². The molecule has 6 nitrogen and oxygen atoms in total. The number of hydrogen-bond donors (Lipinski definition) is 3. The zero-order chi connectivity index (χ0) is 45.8. The molecule has 0 aliphatic rings. The van der Waals surface area contributed by atoms with Gasteiger partial charge in [-0.3, -0.25) is 9.59 Å². The highest BCUT2D eigenvalue weighted by Crippen LogP contribution is 2.17. The quantitative estimate of drug-likeness (QED) is 0.0321. The van der Waals surface area contributed by atoms with E-state index >= 15 is 0 Å². The van der Waals surface area contributed by atoms with E-state index in [1.807, 2.05) is 0 Å². The van der Waals surface area contributed by atoms with Gasteiger partial charge in [-0.25, -0.2) is 0 Å². The van der Waals surface area contributed by atoms with Crippen LogP contribution in [0.3, 0.4) is 0 Å². The van der Waals surface area contributed by atoms with Crippen LogP contribution in [0.2, 0.25) is 0 Å². The van der Waals surface area contributed by atoms with Crippen LogP contribution in [0.1, 0.15) is 303 Å². The van der Waals surface area contributed by atoms with Crippen molar-refractivity contribution in [2.24, 2.45) is 0 Å². The minimum Gasteiger partial charge on any atom is -0.466 e. The maximum absolute atomic E-state index is 12.5. The van der Waals surface area contributed by atoms with Gasteiger partial charge in [0.25, 0.3) is 0 Å². The Bertz CT molecular complexity index is 982. The first kappa shape index (κ1) is 61.3. The van der Waals surface area contributed by atoms with Crippen LogP contribution in [-0.4, -0.2) is 47.4 Å². The topological polar surface area (TPSA) is 95.9 Å². The van der Waals surface area contributed by atoms with Crippen molar-refractivity contribution < 1.29 is 24.5 Å². The second kappa shape index (κ2) is 53.0. The van der Waals surface area contributed by atoms with Crippen LogP contribution in [0, 0.1) is 0 Å². The van der Waals surface area contributed by atoms with Gasteiger partial charge in [-0.2, -0.15) is 0 Å². The van der Waals surface area contributed by atoms with Crippen molar-refractivity contribution in [3.63, 3.8) is 0 Å². The Balaban J connectivity index is 3.50. The normalized spacial score (nSPS) is 12.8. The lowest BCUT2D eigenvalue weighted by atomic mass is 10.0. The monoisotopic (exact) mass is 888 g/mol. The molecular weight excluding hydrogens is 779 g/mol. The van der Waals surface area contributed by atoms with E-state index in [0.717, 1.165) is 77.0 Å². The molecule has 0 aromatic carbocycles. The fraction of sp³-hybridized carbons (Fsp3) is 0.895. The van der Waals surface area contributed by atoms with Crippen molar-refractivity contribution in [2.45, 2.75) is 315 Å². The molecule has 0 fully saturated rings. The zero-order valence-corrected chi connectivity index (χ0v) is 42.3. The number of ether oxygens (including phenoxy) is 1. The largest absolute Gasteiger partial charge is 0.466 e. The third-order valence-corrected chi connectivity index (χ3v) is 13.0. The number of carbonyl (C=O) groups excluding carboxylic acids is 2. The minimum absolute atomic E-state index is 0.0323. The fourth-order valence-electron chi connectivity index (χ4n) is 8.63. The van der Waals surface area contributed by atoms with Gasteiger partial charge in [-0.05, 0) is 83.5 Å². The van der Waals surface area contributed by atoms with Gasteiger partial charge in [0.15, 0.2) is 0 Å². The Labute approximate surface area is 392 Å². The van der Waals surface area contributed by atoms with Gasteiger partial charge < -0.3 is 20.3 Å². The first-order chi connectivity index (χ1) is 31.0. The molecule has 372 valence electrons.